The van der Waals surface area contributed by atoms with Crippen LogP contribution in [0.4, 0.5) is 18.0 Å². The molecule has 41 heavy (non-hydrogen) atoms. The Morgan fingerprint density at radius 3 is 2.39 bits per heavy atom. The summed E-state index contributed by atoms with van der Waals surface area (Å²) in [5, 5.41) is 0. The number of hydrogen-bond acceptors (Lipinski definition) is 6. The van der Waals surface area contributed by atoms with E-state index in [0.29, 0.717) is 43.6 Å². The minimum Gasteiger partial charge on any atom is -0.406 e. The van der Waals surface area contributed by atoms with E-state index in [0.717, 1.165) is 13.1 Å². The molecule has 3 aliphatic rings. The van der Waals surface area contributed by atoms with Crippen molar-refractivity contribution in [1.82, 2.24) is 24.3 Å². The van der Waals surface area contributed by atoms with E-state index >= 15 is 0 Å². The van der Waals surface area contributed by atoms with Gasteiger partial charge in [0.1, 0.15) is 5.75 Å². The van der Waals surface area contributed by atoms with Gasteiger partial charge in [0.05, 0.1) is 19.1 Å². The molecule has 1 saturated heterocycles. The normalized spacial score (nSPS) is 21.4. The van der Waals surface area contributed by atoms with Crippen LogP contribution in [0.25, 0.3) is 0 Å². The summed E-state index contributed by atoms with van der Waals surface area (Å²) in [6.45, 7) is 3.61. The predicted molar refractivity (Wildman–Crippen MR) is 140 cm³/mol. The third-order valence-corrected chi connectivity index (χ3v) is 8.07. The lowest BCUT2D eigenvalue weighted by molar-refractivity contribution is -0.274. The number of piperidine rings is 1. The number of carbonyl (C=O) groups excluding carboxylic acids is 2. The number of rotatable bonds is 8. The molecule has 0 radical (unpaired) electrons. The number of ether oxygens (including phenoxy) is 2. The molecule has 0 bridgehead atoms. The molecule has 9 nitrogen and oxygen atoms in total. The lowest BCUT2D eigenvalue weighted by Gasteiger charge is -2.25. The number of halogens is 3. The summed E-state index contributed by atoms with van der Waals surface area (Å²) in [5.41, 5.74) is 2.87. The SMILES string of the molecule is Cn1cnc(OC(=O)N(Cc2cccc(OC(F)(F)F)c2)CC2C3CN(CC(=O)N4Cc5ccccc5C4)CC32)c1. The zero-order chi connectivity index (χ0) is 28.7. The number of aryl methyl sites for hydroxylation is 1. The number of likely N-dealkylation sites (tertiary alicyclic amines) is 1. The highest BCUT2D eigenvalue weighted by Gasteiger charge is 2.56. The number of fused-ring (bicyclic) bond motifs is 2. The minimum absolute atomic E-state index is 0.0500. The molecule has 3 heterocycles. The Bertz CT molecular complexity index is 1410. The molecule has 1 aromatic heterocycles. The number of amides is 2. The van der Waals surface area contributed by atoms with Crippen LogP contribution in [-0.4, -0.2) is 68.8 Å². The fourth-order valence-corrected chi connectivity index (χ4v) is 6.05. The molecule has 2 amide bonds. The maximum absolute atomic E-state index is 13.2. The Morgan fingerprint density at radius 2 is 1.76 bits per heavy atom. The second-order valence-electron chi connectivity index (χ2n) is 11.0. The van der Waals surface area contributed by atoms with Gasteiger partial charge in [-0.1, -0.05) is 36.4 Å². The first-order valence-electron chi connectivity index (χ1n) is 13.5. The number of hydrogen-bond donors (Lipinski definition) is 0. The van der Waals surface area contributed by atoms with Gasteiger partial charge in [-0.25, -0.2) is 9.78 Å². The molecule has 216 valence electrons. The molecular formula is C29H30F3N5O4. The van der Waals surface area contributed by atoms with Crippen LogP contribution >= 0.6 is 0 Å². The lowest BCUT2D eigenvalue weighted by atomic mass is 10.1. The fraction of sp³-hybridized carbons (Fsp3) is 0.414. The van der Waals surface area contributed by atoms with E-state index < -0.39 is 12.5 Å². The van der Waals surface area contributed by atoms with Crippen LogP contribution in [0, 0.1) is 17.8 Å². The van der Waals surface area contributed by atoms with Gasteiger partial charge in [-0.2, -0.15) is 0 Å². The molecule has 2 atom stereocenters. The van der Waals surface area contributed by atoms with Crippen molar-refractivity contribution in [2.45, 2.75) is 26.0 Å². The molecule has 2 aromatic carbocycles. The molecule has 0 spiro atoms. The third kappa shape index (κ3) is 6.32. The highest BCUT2D eigenvalue weighted by molar-refractivity contribution is 5.79. The molecule has 2 fully saturated rings. The molecule has 6 rings (SSSR count). The van der Waals surface area contributed by atoms with E-state index in [1.807, 2.05) is 17.0 Å². The lowest BCUT2D eigenvalue weighted by Crippen LogP contribution is -2.40. The van der Waals surface area contributed by atoms with Crippen molar-refractivity contribution in [3.05, 3.63) is 77.7 Å². The summed E-state index contributed by atoms with van der Waals surface area (Å²) in [4.78, 5) is 35.7. The highest BCUT2D eigenvalue weighted by atomic mass is 19.4. The van der Waals surface area contributed by atoms with Crippen LogP contribution in [0.3, 0.4) is 0 Å². The number of benzene rings is 2. The van der Waals surface area contributed by atoms with E-state index in [2.05, 4.69) is 26.8 Å². The molecule has 2 unspecified atom stereocenters. The van der Waals surface area contributed by atoms with Gasteiger partial charge in [-0.3, -0.25) is 9.69 Å². The van der Waals surface area contributed by atoms with E-state index in [4.69, 9.17) is 4.74 Å². The summed E-state index contributed by atoms with van der Waals surface area (Å²) < 4.78 is 49.4. The minimum atomic E-state index is -4.81. The number of carbonyl (C=O) groups is 2. The van der Waals surface area contributed by atoms with Gasteiger partial charge in [0, 0.05) is 46.3 Å². The molecule has 3 aromatic rings. The van der Waals surface area contributed by atoms with Gasteiger partial charge >= 0.3 is 12.5 Å². The van der Waals surface area contributed by atoms with Gasteiger partial charge in [0.15, 0.2) is 0 Å². The van der Waals surface area contributed by atoms with Crippen molar-refractivity contribution in [3.8, 4) is 11.6 Å². The Morgan fingerprint density at radius 1 is 1.05 bits per heavy atom. The van der Waals surface area contributed by atoms with Crippen LogP contribution < -0.4 is 9.47 Å². The average Bonchev–Trinajstić information content (AvgIpc) is 3.34. The van der Waals surface area contributed by atoms with E-state index in [1.54, 1.807) is 23.9 Å². The highest BCUT2D eigenvalue weighted by Crippen LogP contribution is 2.52. The smallest absolute Gasteiger partial charge is 0.406 e. The maximum Gasteiger partial charge on any atom is 0.573 e. The predicted octanol–water partition coefficient (Wildman–Crippen LogP) is 4.04. The van der Waals surface area contributed by atoms with Crippen molar-refractivity contribution >= 4 is 12.0 Å². The topological polar surface area (TPSA) is 80.1 Å². The first-order valence-corrected chi connectivity index (χ1v) is 13.5. The maximum atomic E-state index is 13.2. The van der Waals surface area contributed by atoms with Crippen molar-refractivity contribution in [2.24, 2.45) is 24.8 Å². The summed E-state index contributed by atoms with van der Waals surface area (Å²) in [6.07, 6.45) is -2.37. The first-order chi connectivity index (χ1) is 19.6. The monoisotopic (exact) mass is 569 g/mol. The van der Waals surface area contributed by atoms with E-state index in [1.165, 1.54) is 40.6 Å². The average molecular weight is 570 g/mol. The third-order valence-electron chi connectivity index (χ3n) is 8.07. The van der Waals surface area contributed by atoms with Gasteiger partial charge in [-0.15, -0.1) is 13.2 Å². The van der Waals surface area contributed by atoms with Gasteiger partial charge in [0.2, 0.25) is 11.8 Å². The molecule has 12 heteroatoms. The van der Waals surface area contributed by atoms with Crippen molar-refractivity contribution in [1.29, 1.82) is 0 Å². The molecular weight excluding hydrogens is 539 g/mol. The Balaban J connectivity index is 1.07. The quantitative estimate of drug-likeness (QED) is 0.408. The van der Waals surface area contributed by atoms with Gasteiger partial charge in [-0.05, 0) is 46.6 Å². The van der Waals surface area contributed by atoms with E-state index in [-0.39, 0.29) is 30.0 Å². The zero-order valence-corrected chi connectivity index (χ0v) is 22.5. The molecule has 1 saturated carbocycles. The second-order valence-corrected chi connectivity index (χ2v) is 11.0. The standard InChI is InChI=1S/C29H30F3N5O4/c1-34-16-26(33-18-34)40-28(39)37(10-19-5-4-8-22(9-19)41-29(30,31)32)15-25-23-13-35(14-24(23)25)17-27(38)36-11-20-6-2-3-7-21(20)12-36/h2-9,16,18,23-25H,10-15,17H2,1H3. The van der Waals surface area contributed by atoms with Crippen LogP contribution in [0.2, 0.25) is 0 Å². The first kappa shape index (κ1) is 27.1. The zero-order valence-electron chi connectivity index (χ0n) is 22.5. The van der Waals surface area contributed by atoms with Crippen LogP contribution in [-0.2, 0) is 31.5 Å². The number of aromatic nitrogens is 2. The Labute approximate surface area is 235 Å². The summed E-state index contributed by atoms with van der Waals surface area (Å²) >= 11 is 0. The number of nitrogens with zero attached hydrogens (tertiary/aromatic N) is 5. The van der Waals surface area contributed by atoms with Gasteiger partial charge < -0.3 is 23.8 Å². The molecule has 1 aliphatic carbocycles. The van der Waals surface area contributed by atoms with Crippen LogP contribution in [0.5, 0.6) is 11.6 Å². The van der Waals surface area contributed by atoms with E-state index in [9.17, 15) is 22.8 Å². The van der Waals surface area contributed by atoms with Crippen LogP contribution in [0.1, 0.15) is 16.7 Å². The summed E-state index contributed by atoms with van der Waals surface area (Å²) in [5.74, 6) is 0.787. The van der Waals surface area contributed by atoms with Crippen molar-refractivity contribution in [3.63, 3.8) is 0 Å². The second kappa shape index (κ2) is 10.7. The van der Waals surface area contributed by atoms with Crippen LogP contribution in [0.15, 0.2) is 61.1 Å². The number of imidazole rings is 1. The fourth-order valence-electron chi connectivity index (χ4n) is 6.05. The van der Waals surface area contributed by atoms with Crippen molar-refractivity contribution < 1.29 is 32.2 Å². The van der Waals surface area contributed by atoms with Crippen molar-refractivity contribution in [2.75, 3.05) is 26.2 Å². The van der Waals surface area contributed by atoms with Gasteiger partial charge in [0.25, 0.3) is 0 Å². The number of alkyl halides is 3. The largest absolute Gasteiger partial charge is 0.573 e. The Hall–Kier alpha value is -4.06. The Kier molecular flexibility index (Phi) is 7.10. The molecule has 0 N–H and O–H groups in total. The summed E-state index contributed by atoms with van der Waals surface area (Å²) in [6, 6.07) is 13.7. The molecule has 2 aliphatic heterocycles. The summed E-state index contributed by atoms with van der Waals surface area (Å²) in [7, 11) is 1.75.